The molecule has 0 aliphatic carbocycles. The van der Waals surface area contributed by atoms with Gasteiger partial charge in [-0.05, 0) is 44.2 Å². The summed E-state index contributed by atoms with van der Waals surface area (Å²) in [4.78, 5) is 0. The van der Waals surface area contributed by atoms with E-state index in [4.69, 9.17) is 0 Å². The Morgan fingerprint density at radius 3 is 2.75 bits per heavy atom. The molecule has 0 saturated carbocycles. The maximum Gasteiger partial charge on any atom is 0.0626 e. The predicted octanol–water partition coefficient (Wildman–Crippen LogP) is 2.05. The summed E-state index contributed by atoms with van der Waals surface area (Å²) in [6, 6.07) is 0. The highest BCUT2D eigenvalue weighted by atomic mass is 15.2. The minimum atomic E-state index is 0.299. The maximum absolute atomic E-state index is 4.43. The number of aryl methyl sites for hydroxylation is 2. The van der Waals surface area contributed by atoms with E-state index in [2.05, 4.69) is 37.4 Å². The van der Waals surface area contributed by atoms with Gasteiger partial charge in [-0.15, -0.1) is 0 Å². The fourth-order valence-electron chi connectivity index (χ4n) is 2.84. The molecule has 3 nitrogen and oxygen atoms in total. The Morgan fingerprint density at radius 1 is 1.56 bits per heavy atom. The summed E-state index contributed by atoms with van der Waals surface area (Å²) in [5.74, 6) is 0.676. The maximum atomic E-state index is 4.43. The largest absolute Gasteiger partial charge is 0.311 e. The predicted molar refractivity (Wildman–Crippen MR) is 66.5 cm³/mol. The monoisotopic (exact) mass is 221 g/mol. The normalized spacial score (nSPS) is 25.6. The summed E-state index contributed by atoms with van der Waals surface area (Å²) in [7, 11) is 2.00. The molecule has 16 heavy (non-hydrogen) atoms. The van der Waals surface area contributed by atoms with E-state index >= 15 is 0 Å². The summed E-state index contributed by atoms with van der Waals surface area (Å²) in [6.07, 6.45) is 5.88. The molecule has 1 aliphatic heterocycles. The molecule has 0 spiro atoms. The molecule has 2 rings (SSSR count). The van der Waals surface area contributed by atoms with Crippen molar-refractivity contribution in [2.45, 2.75) is 45.6 Å². The van der Waals surface area contributed by atoms with Crippen LogP contribution in [0.25, 0.3) is 0 Å². The molecule has 1 saturated heterocycles. The average molecular weight is 221 g/mol. The Morgan fingerprint density at radius 2 is 2.31 bits per heavy atom. The Balaban J connectivity index is 2.21. The van der Waals surface area contributed by atoms with E-state index in [1.807, 2.05) is 11.7 Å². The van der Waals surface area contributed by atoms with E-state index in [0.29, 0.717) is 11.5 Å². The van der Waals surface area contributed by atoms with E-state index in [-0.39, 0.29) is 0 Å². The zero-order valence-electron chi connectivity index (χ0n) is 10.9. The van der Waals surface area contributed by atoms with E-state index in [1.165, 1.54) is 24.1 Å². The number of aromatic nitrogens is 2. The Hall–Kier alpha value is -0.830. The van der Waals surface area contributed by atoms with Gasteiger partial charge in [0.05, 0.1) is 5.69 Å². The molecule has 2 heterocycles. The third-order valence-electron chi connectivity index (χ3n) is 4.00. The molecular weight excluding hydrogens is 198 g/mol. The van der Waals surface area contributed by atoms with Crippen LogP contribution >= 0.6 is 0 Å². The number of hydrogen-bond acceptors (Lipinski definition) is 2. The zero-order valence-corrected chi connectivity index (χ0v) is 10.9. The highest BCUT2D eigenvalue weighted by Crippen LogP contribution is 2.31. The summed E-state index contributed by atoms with van der Waals surface area (Å²) >= 11 is 0. The van der Waals surface area contributed by atoms with Crippen molar-refractivity contribution in [2.75, 3.05) is 6.54 Å². The lowest BCUT2D eigenvalue weighted by Gasteiger charge is -2.34. The first-order valence-electron chi connectivity index (χ1n) is 6.28. The van der Waals surface area contributed by atoms with Crippen molar-refractivity contribution in [2.24, 2.45) is 13.0 Å². The van der Waals surface area contributed by atoms with Crippen molar-refractivity contribution in [1.82, 2.24) is 15.1 Å². The van der Waals surface area contributed by atoms with Crippen LogP contribution in [0, 0.1) is 12.8 Å². The highest BCUT2D eigenvalue weighted by molar-refractivity contribution is 5.20. The first-order valence-corrected chi connectivity index (χ1v) is 6.28. The number of hydrogen-bond donors (Lipinski definition) is 1. The lowest BCUT2D eigenvalue weighted by molar-refractivity contribution is 0.269. The average Bonchev–Trinajstić information content (AvgIpc) is 2.76. The molecule has 90 valence electrons. The Kier molecular flexibility index (Phi) is 3.06. The van der Waals surface area contributed by atoms with Crippen LogP contribution in [0.4, 0.5) is 0 Å². The molecule has 0 radical (unpaired) electrons. The molecule has 3 heteroatoms. The van der Waals surface area contributed by atoms with Gasteiger partial charge in [-0.2, -0.15) is 5.10 Å². The fraction of sp³-hybridized carbons (Fsp3) is 0.769. The van der Waals surface area contributed by atoms with Gasteiger partial charge in [0.15, 0.2) is 0 Å². The summed E-state index contributed by atoms with van der Waals surface area (Å²) in [5, 5.41) is 8.15. The number of nitrogens with one attached hydrogen (secondary N) is 1. The topological polar surface area (TPSA) is 29.9 Å². The molecule has 1 aromatic rings. The van der Waals surface area contributed by atoms with E-state index in [9.17, 15) is 0 Å². The van der Waals surface area contributed by atoms with Crippen LogP contribution in [0.1, 0.15) is 37.9 Å². The van der Waals surface area contributed by atoms with Gasteiger partial charge in [0, 0.05) is 18.8 Å². The van der Waals surface area contributed by atoms with Crippen molar-refractivity contribution >= 4 is 0 Å². The second-order valence-electron chi connectivity index (χ2n) is 5.43. The smallest absolute Gasteiger partial charge is 0.0626 e. The highest BCUT2D eigenvalue weighted by Gasteiger charge is 2.37. The summed E-state index contributed by atoms with van der Waals surface area (Å²) in [6.45, 7) is 7.92. The lowest BCUT2D eigenvalue weighted by Crippen LogP contribution is -2.46. The van der Waals surface area contributed by atoms with Crippen molar-refractivity contribution < 1.29 is 0 Å². The first-order chi connectivity index (χ1) is 7.53. The second-order valence-corrected chi connectivity index (χ2v) is 5.43. The van der Waals surface area contributed by atoms with Gasteiger partial charge >= 0.3 is 0 Å². The minimum Gasteiger partial charge on any atom is -0.311 e. The molecule has 0 bridgehead atoms. The molecule has 0 aromatic carbocycles. The lowest BCUT2D eigenvalue weighted by atomic mass is 9.80. The van der Waals surface area contributed by atoms with Crippen LogP contribution in [-0.2, 0) is 13.5 Å². The third kappa shape index (κ3) is 2.01. The van der Waals surface area contributed by atoms with Gasteiger partial charge in [0.25, 0.3) is 0 Å². The van der Waals surface area contributed by atoms with Crippen LogP contribution in [0.15, 0.2) is 6.20 Å². The standard InChI is InChI=1S/C13H23N3/c1-10(2)13(6-5-7-14-13)8-12-9-16(4)15-11(12)3/h9-10,14H,5-8H2,1-4H3. The zero-order chi connectivity index (χ0) is 11.8. The van der Waals surface area contributed by atoms with E-state index in [0.717, 1.165) is 13.0 Å². The summed E-state index contributed by atoms with van der Waals surface area (Å²) in [5.41, 5.74) is 2.87. The van der Waals surface area contributed by atoms with Crippen molar-refractivity contribution in [3.63, 3.8) is 0 Å². The Labute approximate surface area is 98.2 Å². The molecule has 1 fully saturated rings. The summed E-state index contributed by atoms with van der Waals surface area (Å²) < 4.78 is 1.92. The molecular formula is C13H23N3. The fourth-order valence-corrected chi connectivity index (χ4v) is 2.84. The SMILES string of the molecule is Cc1nn(C)cc1CC1(C(C)C)CCCN1. The minimum absolute atomic E-state index is 0.299. The Bertz CT molecular complexity index is 359. The van der Waals surface area contributed by atoms with Gasteiger partial charge < -0.3 is 5.32 Å². The van der Waals surface area contributed by atoms with Gasteiger partial charge in [-0.1, -0.05) is 13.8 Å². The van der Waals surface area contributed by atoms with Gasteiger partial charge in [0.1, 0.15) is 0 Å². The van der Waals surface area contributed by atoms with Gasteiger partial charge in [-0.25, -0.2) is 0 Å². The molecule has 1 aliphatic rings. The van der Waals surface area contributed by atoms with E-state index < -0.39 is 0 Å². The quantitative estimate of drug-likeness (QED) is 0.846. The van der Waals surface area contributed by atoms with Crippen LogP contribution < -0.4 is 5.32 Å². The first kappa shape index (κ1) is 11.6. The molecule has 1 aromatic heterocycles. The third-order valence-corrected chi connectivity index (χ3v) is 4.00. The van der Waals surface area contributed by atoms with E-state index in [1.54, 1.807) is 0 Å². The molecule has 1 unspecified atom stereocenters. The van der Waals surface area contributed by atoms with Crippen molar-refractivity contribution in [3.8, 4) is 0 Å². The molecule has 1 N–H and O–H groups in total. The molecule has 1 atom stereocenters. The second kappa shape index (κ2) is 4.21. The van der Waals surface area contributed by atoms with Crippen LogP contribution in [0.2, 0.25) is 0 Å². The van der Waals surface area contributed by atoms with Gasteiger partial charge in [-0.3, -0.25) is 4.68 Å². The van der Waals surface area contributed by atoms with Crippen LogP contribution in [0.5, 0.6) is 0 Å². The molecule has 0 amide bonds. The van der Waals surface area contributed by atoms with Crippen LogP contribution in [0.3, 0.4) is 0 Å². The van der Waals surface area contributed by atoms with Crippen molar-refractivity contribution in [1.29, 1.82) is 0 Å². The van der Waals surface area contributed by atoms with Crippen LogP contribution in [-0.4, -0.2) is 21.9 Å². The number of nitrogens with zero attached hydrogens (tertiary/aromatic N) is 2. The van der Waals surface area contributed by atoms with Gasteiger partial charge in [0.2, 0.25) is 0 Å². The number of rotatable bonds is 3. The van der Waals surface area contributed by atoms with Crippen molar-refractivity contribution in [3.05, 3.63) is 17.5 Å².